The van der Waals surface area contributed by atoms with Crippen LogP contribution < -0.4 is 10.6 Å². The number of fused-ring (bicyclic) bond motifs is 2. The Bertz CT molecular complexity index is 859. The summed E-state index contributed by atoms with van der Waals surface area (Å²) in [6, 6.07) is 7.87. The smallest absolute Gasteiger partial charge is 0.335 e. The van der Waals surface area contributed by atoms with Crippen molar-refractivity contribution in [1.82, 2.24) is 5.32 Å². The number of benzene rings is 1. The van der Waals surface area contributed by atoms with Crippen molar-refractivity contribution in [2.45, 2.75) is 6.42 Å². The quantitative estimate of drug-likeness (QED) is 0.696. The molecule has 4 rings (SSSR count). The fraction of sp³-hybridized carbons (Fsp3) is 0.111. The molecule has 1 unspecified atom stereocenters. The number of aliphatic carboxylic acids is 1. The van der Waals surface area contributed by atoms with Crippen molar-refractivity contribution in [3.63, 3.8) is 0 Å². The van der Waals surface area contributed by atoms with E-state index in [2.05, 4.69) is 10.6 Å². The van der Waals surface area contributed by atoms with E-state index in [1.807, 2.05) is 36.4 Å². The van der Waals surface area contributed by atoms with Crippen LogP contribution in [0.25, 0.3) is 6.08 Å². The number of para-hydroxylation sites is 1. The van der Waals surface area contributed by atoms with E-state index in [4.69, 9.17) is 5.11 Å². The van der Waals surface area contributed by atoms with E-state index in [1.165, 1.54) is 0 Å². The number of nitrogens with one attached hydrogen (secondary N) is 2. The molecule has 1 amide bonds. The predicted molar refractivity (Wildman–Crippen MR) is 86.2 cm³/mol. The van der Waals surface area contributed by atoms with E-state index < -0.39 is 5.97 Å². The van der Waals surface area contributed by atoms with E-state index in [0.29, 0.717) is 17.7 Å². The van der Waals surface area contributed by atoms with Crippen LogP contribution in [0.4, 0.5) is 5.69 Å². The van der Waals surface area contributed by atoms with Crippen LogP contribution in [-0.4, -0.2) is 17.0 Å². The molecule has 23 heavy (non-hydrogen) atoms. The fourth-order valence-corrected chi connectivity index (χ4v) is 3.18. The summed E-state index contributed by atoms with van der Waals surface area (Å²) in [6.45, 7) is 0. The molecule has 0 aromatic heterocycles. The van der Waals surface area contributed by atoms with E-state index in [-0.39, 0.29) is 17.4 Å². The number of carbonyl (C=O) groups excluding carboxylic acids is 1. The van der Waals surface area contributed by atoms with Gasteiger partial charge in [-0.15, -0.1) is 0 Å². The number of carbonyl (C=O) groups is 2. The summed E-state index contributed by atoms with van der Waals surface area (Å²) in [5, 5.41) is 15.2. The minimum atomic E-state index is -0.976. The van der Waals surface area contributed by atoms with Crippen molar-refractivity contribution < 1.29 is 14.7 Å². The molecule has 0 spiro atoms. The molecule has 114 valence electrons. The fourth-order valence-electron chi connectivity index (χ4n) is 3.18. The summed E-state index contributed by atoms with van der Waals surface area (Å²) in [5.74, 6) is -1.27. The first kappa shape index (κ1) is 13.6. The van der Waals surface area contributed by atoms with Gasteiger partial charge in [-0.05, 0) is 30.2 Å². The minimum absolute atomic E-state index is 0.122. The molecule has 1 saturated heterocycles. The monoisotopic (exact) mass is 306 g/mol. The third-order valence-corrected chi connectivity index (χ3v) is 4.31. The number of anilines is 1. The zero-order chi connectivity index (χ0) is 16.0. The van der Waals surface area contributed by atoms with Gasteiger partial charge in [0.25, 0.3) is 5.91 Å². The Kier molecular flexibility index (Phi) is 2.94. The van der Waals surface area contributed by atoms with Crippen LogP contribution in [0.2, 0.25) is 0 Å². The normalized spacial score (nSPS) is 24.9. The van der Waals surface area contributed by atoms with Gasteiger partial charge in [0.2, 0.25) is 0 Å². The van der Waals surface area contributed by atoms with Crippen LogP contribution in [0.5, 0.6) is 0 Å². The van der Waals surface area contributed by atoms with E-state index in [0.717, 1.165) is 16.9 Å². The number of allylic oxidation sites excluding steroid dienone is 3. The van der Waals surface area contributed by atoms with Gasteiger partial charge in [-0.1, -0.05) is 30.4 Å². The number of carboxylic acid groups (broad SMARTS) is 1. The SMILES string of the molecule is O=C(O)C1=CCC2C(=C1)NC(=O)C2=C1C=Cc2ccccc2N1. The topological polar surface area (TPSA) is 78.4 Å². The van der Waals surface area contributed by atoms with Crippen LogP contribution in [0.1, 0.15) is 12.0 Å². The largest absolute Gasteiger partial charge is 0.478 e. The first-order chi connectivity index (χ1) is 11.1. The molecule has 0 saturated carbocycles. The summed E-state index contributed by atoms with van der Waals surface area (Å²) >= 11 is 0. The third-order valence-electron chi connectivity index (χ3n) is 4.31. The number of rotatable bonds is 1. The van der Waals surface area contributed by atoms with Gasteiger partial charge in [0.15, 0.2) is 0 Å². The highest BCUT2D eigenvalue weighted by molar-refractivity contribution is 6.02. The highest BCUT2D eigenvalue weighted by Gasteiger charge is 2.37. The molecule has 1 aromatic rings. The molecule has 1 atom stereocenters. The number of amides is 1. The summed E-state index contributed by atoms with van der Waals surface area (Å²) in [4.78, 5) is 23.5. The second kappa shape index (κ2) is 4.98. The van der Waals surface area contributed by atoms with Gasteiger partial charge in [-0.2, -0.15) is 0 Å². The maximum Gasteiger partial charge on any atom is 0.335 e. The lowest BCUT2D eigenvalue weighted by molar-refractivity contribution is -0.132. The molecular weight excluding hydrogens is 292 g/mol. The van der Waals surface area contributed by atoms with Crippen molar-refractivity contribution in [3.8, 4) is 0 Å². The molecular formula is C18H14N2O3. The summed E-state index contributed by atoms with van der Waals surface area (Å²) in [5.41, 5.74) is 4.33. The van der Waals surface area contributed by atoms with Gasteiger partial charge >= 0.3 is 5.97 Å². The van der Waals surface area contributed by atoms with Crippen LogP contribution in [0.15, 0.2) is 65.0 Å². The molecule has 3 N–H and O–H groups in total. The van der Waals surface area contributed by atoms with Gasteiger partial charge in [0.05, 0.1) is 5.57 Å². The molecule has 3 aliphatic rings. The van der Waals surface area contributed by atoms with Gasteiger partial charge < -0.3 is 15.7 Å². The first-order valence-corrected chi connectivity index (χ1v) is 7.38. The van der Waals surface area contributed by atoms with Crippen molar-refractivity contribution in [2.24, 2.45) is 5.92 Å². The van der Waals surface area contributed by atoms with E-state index in [9.17, 15) is 9.59 Å². The van der Waals surface area contributed by atoms with Crippen LogP contribution >= 0.6 is 0 Å². The molecule has 5 nitrogen and oxygen atoms in total. The minimum Gasteiger partial charge on any atom is -0.478 e. The lowest BCUT2D eigenvalue weighted by Gasteiger charge is -2.20. The van der Waals surface area contributed by atoms with Crippen molar-refractivity contribution in [1.29, 1.82) is 0 Å². The molecule has 1 aliphatic carbocycles. The molecule has 5 heteroatoms. The number of hydrogen-bond donors (Lipinski definition) is 3. The Morgan fingerprint density at radius 2 is 2.00 bits per heavy atom. The van der Waals surface area contributed by atoms with Crippen LogP contribution in [0, 0.1) is 5.92 Å². The highest BCUT2D eigenvalue weighted by Crippen LogP contribution is 2.37. The van der Waals surface area contributed by atoms with Crippen LogP contribution in [0.3, 0.4) is 0 Å². The maximum atomic E-state index is 12.4. The number of hydrogen-bond acceptors (Lipinski definition) is 3. The molecule has 2 heterocycles. The Balaban J connectivity index is 1.73. The maximum absolute atomic E-state index is 12.4. The molecule has 1 fully saturated rings. The average Bonchev–Trinajstić information content (AvgIpc) is 2.89. The lowest BCUT2D eigenvalue weighted by atomic mass is 9.88. The highest BCUT2D eigenvalue weighted by atomic mass is 16.4. The molecule has 1 aromatic carbocycles. The van der Waals surface area contributed by atoms with Gasteiger partial charge in [-0.3, -0.25) is 4.79 Å². The second-order valence-electron chi connectivity index (χ2n) is 5.68. The molecule has 0 radical (unpaired) electrons. The Morgan fingerprint density at radius 1 is 1.17 bits per heavy atom. The van der Waals surface area contributed by atoms with Gasteiger partial charge in [0.1, 0.15) is 0 Å². The zero-order valence-electron chi connectivity index (χ0n) is 12.2. The Morgan fingerprint density at radius 3 is 2.83 bits per heavy atom. The predicted octanol–water partition coefficient (Wildman–Crippen LogP) is 2.42. The van der Waals surface area contributed by atoms with E-state index >= 15 is 0 Å². The first-order valence-electron chi connectivity index (χ1n) is 7.38. The summed E-state index contributed by atoms with van der Waals surface area (Å²) < 4.78 is 0. The van der Waals surface area contributed by atoms with Gasteiger partial charge in [0, 0.05) is 28.6 Å². The van der Waals surface area contributed by atoms with E-state index in [1.54, 1.807) is 12.2 Å². The number of carboxylic acids is 1. The van der Waals surface area contributed by atoms with Gasteiger partial charge in [-0.25, -0.2) is 4.79 Å². The standard InChI is InChI=1S/C18H14N2O3/c21-17-16(12-7-5-11(18(22)23)9-15(12)20-17)14-8-6-10-3-1-2-4-13(10)19-14/h1-6,8-9,12,19H,7H2,(H,20,21)(H,22,23). The zero-order valence-corrected chi connectivity index (χ0v) is 12.2. The summed E-state index contributed by atoms with van der Waals surface area (Å²) in [6.07, 6.45) is 7.59. The average molecular weight is 306 g/mol. The molecule has 2 aliphatic heterocycles. The van der Waals surface area contributed by atoms with Crippen molar-refractivity contribution >= 4 is 23.6 Å². The third kappa shape index (κ3) is 2.17. The van der Waals surface area contributed by atoms with Crippen molar-refractivity contribution in [3.05, 3.63) is 70.6 Å². The lowest BCUT2D eigenvalue weighted by Crippen LogP contribution is -2.16. The van der Waals surface area contributed by atoms with Crippen molar-refractivity contribution in [2.75, 3.05) is 5.32 Å². The van der Waals surface area contributed by atoms with Crippen LogP contribution in [-0.2, 0) is 9.59 Å². The summed E-state index contributed by atoms with van der Waals surface area (Å²) in [7, 11) is 0. The molecule has 0 bridgehead atoms. The Hall–Kier alpha value is -3.08. The second-order valence-corrected chi connectivity index (χ2v) is 5.68. The Labute approximate surface area is 132 Å².